The highest BCUT2D eigenvalue weighted by Crippen LogP contribution is 2.24. The summed E-state index contributed by atoms with van der Waals surface area (Å²) in [5.74, 6) is -4.20. The topological polar surface area (TPSA) is 138 Å². The van der Waals surface area contributed by atoms with Gasteiger partial charge in [0.2, 0.25) is 0 Å². The van der Waals surface area contributed by atoms with Gasteiger partial charge < -0.3 is 21.1 Å². The van der Waals surface area contributed by atoms with Crippen LogP contribution in [-0.2, 0) is 6.54 Å². The number of halogens is 3. The van der Waals surface area contributed by atoms with Gasteiger partial charge >= 0.3 is 0 Å². The summed E-state index contributed by atoms with van der Waals surface area (Å²) in [7, 11) is 0. The average molecular weight is 645 g/mol. The predicted molar refractivity (Wildman–Crippen MR) is 169 cm³/mol. The molecule has 0 saturated carbocycles. The third-order valence-electron chi connectivity index (χ3n) is 7.15. The van der Waals surface area contributed by atoms with Gasteiger partial charge in [-0.3, -0.25) is 14.4 Å². The quantitative estimate of drug-likeness (QED) is 0.142. The second-order valence-electron chi connectivity index (χ2n) is 10.4. The monoisotopic (exact) mass is 644 g/mol. The maximum Gasteiger partial charge on any atom is 0.270 e. The molecule has 0 fully saturated rings. The van der Waals surface area contributed by atoms with Gasteiger partial charge in [-0.25, -0.2) is 18.3 Å². The van der Waals surface area contributed by atoms with Crippen molar-refractivity contribution in [2.24, 2.45) is 0 Å². The molecule has 1 atom stereocenters. The minimum absolute atomic E-state index is 0.0484. The number of rotatable bonds is 9. The molecule has 0 aliphatic carbocycles. The van der Waals surface area contributed by atoms with Crippen molar-refractivity contribution in [2.75, 3.05) is 5.32 Å². The lowest BCUT2D eigenvalue weighted by molar-refractivity contribution is 0.0930. The van der Waals surface area contributed by atoms with Crippen molar-refractivity contribution in [3.63, 3.8) is 0 Å². The molecule has 5 aromatic rings. The molecule has 5 rings (SSSR count). The number of nitrogens with one attached hydrogen (secondary N) is 3. The molecule has 10 nitrogen and oxygen atoms in total. The van der Waals surface area contributed by atoms with Crippen molar-refractivity contribution < 1.29 is 28.3 Å². The molecule has 3 amide bonds. The lowest BCUT2D eigenvalue weighted by atomic mass is 10.0. The van der Waals surface area contributed by atoms with Crippen LogP contribution in [-0.4, -0.2) is 37.4 Å². The Labute approximate surface area is 266 Å². The van der Waals surface area contributed by atoms with Crippen LogP contribution in [0.3, 0.4) is 0 Å². The van der Waals surface area contributed by atoms with Crippen molar-refractivity contribution >= 4 is 46.4 Å². The van der Waals surface area contributed by atoms with Crippen LogP contribution < -0.4 is 16.0 Å². The fourth-order valence-electron chi connectivity index (χ4n) is 4.71. The molecule has 2 heterocycles. The van der Waals surface area contributed by atoms with Gasteiger partial charge in [0.25, 0.3) is 17.7 Å². The lowest BCUT2D eigenvalue weighted by Crippen LogP contribution is -2.30. The molecule has 4 N–H and O–H groups in total. The summed E-state index contributed by atoms with van der Waals surface area (Å²) < 4.78 is 28.2. The number of nitrogens with zero attached hydrogens (tertiary/aromatic N) is 3. The first-order valence-corrected chi connectivity index (χ1v) is 14.3. The fraction of sp³-hybridized carbons (Fsp3) is 0.121. The van der Waals surface area contributed by atoms with Crippen LogP contribution in [0.1, 0.15) is 66.6 Å². The summed E-state index contributed by atoms with van der Waals surface area (Å²) in [5, 5.41) is 22.4. The smallest absolute Gasteiger partial charge is 0.270 e. The second kappa shape index (κ2) is 13.2. The molecular weight excluding hydrogens is 618 g/mol. The van der Waals surface area contributed by atoms with Crippen LogP contribution in [0.5, 0.6) is 0 Å². The minimum atomic E-state index is -1.07. The summed E-state index contributed by atoms with van der Waals surface area (Å²) in [6.07, 6.45) is 1.21. The minimum Gasteiger partial charge on any atom is -0.508 e. The number of aliphatic hydroxyl groups is 1. The molecule has 0 saturated heterocycles. The van der Waals surface area contributed by atoms with Gasteiger partial charge in [0, 0.05) is 18.2 Å². The van der Waals surface area contributed by atoms with Gasteiger partial charge in [-0.15, -0.1) is 0 Å². The van der Waals surface area contributed by atoms with E-state index >= 15 is 0 Å². The van der Waals surface area contributed by atoms with E-state index in [0.717, 1.165) is 27.8 Å². The average Bonchev–Trinajstić information content (AvgIpc) is 3.46. The Hall–Kier alpha value is -5.62. The third-order valence-corrected chi connectivity index (χ3v) is 7.48. The Balaban J connectivity index is 1.49. The number of anilines is 1. The first-order valence-electron chi connectivity index (χ1n) is 13.9. The maximum atomic E-state index is 13.7. The van der Waals surface area contributed by atoms with Gasteiger partial charge in [-0.2, -0.15) is 5.10 Å². The number of carbonyl (C=O) groups is 3. The zero-order valence-electron chi connectivity index (χ0n) is 24.6. The number of hydrogen-bond acceptors (Lipinski definition) is 6. The first kappa shape index (κ1) is 31.8. The molecule has 0 bridgehead atoms. The van der Waals surface area contributed by atoms with E-state index < -0.39 is 35.4 Å². The lowest BCUT2D eigenvalue weighted by Gasteiger charge is -2.17. The highest BCUT2D eigenvalue weighted by molar-refractivity contribution is 6.34. The summed E-state index contributed by atoms with van der Waals surface area (Å²) in [5.41, 5.74) is 2.17. The van der Waals surface area contributed by atoms with Crippen LogP contribution in [0.4, 0.5) is 14.5 Å². The second-order valence-corrected chi connectivity index (χ2v) is 10.8. The van der Waals surface area contributed by atoms with Crippen LogP contribution in [0, 0.1) is 18.6 Å². The Morgan fingerprint density at radius 2 is 1.74 bits per heavy atom. The Morgan fingerprint density at radius 3 is 2.43 bits per heavy atom. The molecule has 46 heavy (non-hydrogen) atoms. The Kier molecular flexibility index (Phi) is 9.10. The van der Waals surface area contributed by atoms with Gasteiger partial charge in [0.05, 0.1) is 22.9 Å². The van der Waals surface area contributed by atoms with Crippen molar-refractivity contribution in [3.05, 3.63) is 135 Å². The van der Waals surface area contributed by atoms with E-state index in [2.05, 4.69) is 32.6 Å². The Morgan fingerprint density at radius 1 is 0.978 bits per heavy atom. The number of amides is 3. The molecule has 0 radical (unpaired) electrons. The van der Waals surface area contributed by atoms with E-state index in [4.69, 9.17) is 11.6 Å². The van der Waals surface area contributed by atoms with Crippen molar-refractivity contribution in [3.8, 4) is 0 Å². The van der Waals surface area contributed by atoms with Crippen molar-refractivity contribution in [1.29, 1.82) is 0 Å². The van der Waals surface area contributed by atoms with E-state index in [1.807, 2.05) is 0 Å². The SMILES string of the molecule is C=C(O)c1ccc([C@H](C)NC(=O)c2cc(C(=O)NCc3ccc(F)c(F)c3)nc3c(C(=O)Nc4ccccc4Cl)cnn23)cc1C. The van der Waals surface area contributed by atoms with Gasteiger partial charge in [-0.05, 0) is 54.8 Å². The first-order chi connectivity index (χ1) is 21.9. The van der Waals surface area contributed by atoms with Crippen molar-refractivity contribution in [1.82, 2.24) is 25.2 Å². The molecule has 0 unspecified atom stereocenters. The number of aliphatic hydroxyl groups excluding tert-OH is 1. The number of para-hydroxylation sites is 1. The van der Waals surface area contributed by atoms with Crippen LogP contribution in [0.15, 0.2) is 79.5 Å². The van der Waals surface area contributed by atoms with Gasteiger partial charge in [-0.1, -0.05) is 54.6 Å². The van der Waals surface area contributed by atoms with Gasteiger partial charge in [0.15, 0.2) is 17.3 Å². The zero-order chi connectivity index (χ0) is 33.1. The number of carbonyl (C=O) groups excluding carboxylic acids is 3. The summed E-state index contributed by atoms with van der Waals surface area (Å²) in [4.78, 5) is 44.5. The molecule has 0 spiro atoms. The zero-order valence-corrected chi connectivity index (χ0v) is 25.3. The largest absolute Gasteiger partial charge is 0.508 e. The predicted octanol–water partition coefficient (Wildman–Crippen LogP) is 6.17. The molecule has 234 valence electrons. The molecule has 0 aliphatic heterocycles. The van der Waals surface area contributed by atoms with E-state index in [-0.39, 0.29) is 40.5 Å². The van der Waals surface area contributed by atoms with Gasteiger partial charge in [0.1, 0.15) is 22.7 Å². The molecule has 2 aromatic heterocycles. The third kappa shape index (κ3) is 6.71. The highest BCUT2D eigenvalue weighted by Gasteiger charge is 2.24. The maximum absolute atomic E-state index is 13.7. The van der Waals surface area contributed by atoms with E-state index in [0.29, 0.717) is 16.3 Å². The van der Waals surface area contributed by atoms with E-state index in [9.17, 15) is 28.3 Å². The van der Waals surface area contributed by atoms with Crippen LogP contribution in [0.25, 0.3) is 11.4 Å². The normalized spacial score (nSPS) is 11.6. The van der Waals surface area contributed by atoms with E-state index in [1.165, 1.54) is 18.3 Å². The number of aromatic nitrogens is 3. The summed E-state index contributed by atoms with van der Waals surface area (Å²) in [6, 6.07) is 15.7. The highest BCUT2D eigenvalue weighted by atomic mass is 35.5. The van der Waals surface area contributed by atoms with Crippen molar-refractivity contribution in [2.45, 2.75) is 26.4 Å². The summed E-state index contributed by atoms with van der Waals surface area (Å²) >= 11 is 6.20. The number of fused-ring (bicyclic) bond motifs is 1. The molecular formula is C33H27ClF2N6O4. The molecule has 0 aliphatic rings. The Bertz CT molecular complexity index is 2030. The number of hydrogen-bond donors (Lipinski definition) is 4. The standard InChI is InChI=1S/C33H27ClF2N6O4/c1-17-12-21(9-10-22(17)19(3)43)18(2)39-33(46)29-14-28(32(45)37-15-20-8-11-25(35)26(36)13-20)40-30-23(16-38-42(29)30)31(44)41-27-7-5-4-6-24(27)34/h4-14,16,18,43H,3,15H2,1-2H3,(H,37,45)(H,39,46)(H,41,44)/t18-/m0/s1. The summed E-state index contributed by atoms with van der Waals surface area (Å²) in [6.45, 7) is 6.93. The van der Waals surface area contributed by atoms with Crippen LogP contribution in [0.2, 0.25) is 5.02 Å². The van der Waals surface area contributed by atoms with Crippen LogP contribution >= 0.6 is 11.6 Å². The fourth-order valence-corrected chi connectivity index (χ4v) is 4.89. The number of aryl methyl sites for hydroxylation is 1. The van der Waals surface area contributed by atoms with E-state index in [1.54, 1.807) is 56.3 Å². The number of benzene rings is 3. The molecule has 3 aromatic carbocycles. The molecule has 13 heteroatoms.